The van der Waals surface area contributed by atoms with Crippen LogP contribution in [0, 0.1) is 0 Å². The van der Waals surface area contributed by atoms with Gasteiger partial charge in [0.05, 0.1) is 26.3 Å². The van der Waals surface area contributed by atoms with Crippen LogP contribution in [0.25, 0.3) is 0 Å². The molecule has 3 aromatic rings. The van der Waals surface area contributed by atoms with Crippen molar-refractivity contribution in [1.82, 2.24) is 9.88 Å². The van der Waals surface area contributed by atoms with Crippen molar-refractivity contribution < 1.29 is 14.3 Å². The Labute approximate surface area is 180 Å². The van der Waals surface area contributed by atoms with E-state index >= 15 is 0 Å². The smallest absolute Gasteiger partial charge is 0.230 e. The molecule has 0 saturated heterocycles. The summed E-state index contributed by atoms with van der Waals surface area (Å²) in [4.78, 5) is 19.2. The number of hydrogen-bond acceptors (Lipinski definition) is 6. The van der Waals surface area contributed by atoms with E-state index in [2.05, 4.69) is 27.3 Å². The van der Waals surface area contributed by atoms with Gasteiger partial charge in [0, 0.05) is 25.0 Å². The van der Waals surface area contributed by atoms with Crippen molar-refractivity contribution in [2.75, 3.05) is 26.1 Å². The zero-order valence-electron chi connectivity index (χ0n) is 17.2. The maximum Gasteiger partial charge on any atom is 0.230 e. The van der Waals surface area contributed by atoms with Crippen molar-refractivity contribution in [3.63, 3.8) is 0 Å². The van der Waals surface area contributed by atoms with Crippen molar-refractivity contribution in [3.8, 4) is 11.5 Å². The van der Waals surface area contributed by atoms with E-state index in [0.717, 1.165) is 48.8 Å². The van der Waals surface area contributed by atoms with Crippen LogP contribution in [0.15, 0.2) is 47.8 Å². The number of nitrogens with one attached hydrogen (secondary N) is 1. The number of carbonyl (C=O) groups excluding carboxylic acids is 1. The minimum absolute atomic E-state index is 0.0463. The number of carbonyl (C=O) groups is 1. The Bertz CT molecular complexity index is 1020. The number of anilines is 1. The summed E-state index contributed by atoms with van der Waals surface area (Å²) in [7, 11) is 3.32. The molecule has 2 aromatic carbocycles. The van der Waals surface area contributed by atoms with Crippen LogP contribution in [-0.2, 0) is 30.7 Å². The van der Waals surface area contributed by atoms with Gasteiger partial charge < -0.3 is 14.8 Å². The van der Waals surface area contributed by atoms with Crippen LogP contribution in [0.5, 0.6) is 11.5 Å². The number of hydrogen-bond donors (Lipinski definition) is 1. The van der Waals surface area contributed by atoms with Crippen LogP contribution >= 0.6 is 11.3 Å². The zero-order valence-corrected chi connectivity index (χ0v) is 18.0. The number of methoxy groups -OCH3 is 2. The lowest BCUT2D eigenvalue weighted by atomic mass is 9.98. The number of thiazole rings is 1. The molecule has 6 nitrogen and oxygen atoms in total. The first-order chi connectivity index (χ1) is 14.6. The molecule has 0 atom stereocenters. The maximum absolute atomic E-state index is 12.3. The fourth-order valence-corrected chi connectivity index (χ4v) is 4.41. The third kappa shape index (κ3) is 4.80. The monoisotopic (exact) mass is 423 g/mol. The fourth-order valence-electron chi connectivity index (χ4n) is 3.69. The SMILES string of the molecule is COc1cc2c(cc1OC)CN(Cc1csc(NC(=O)Cc3ccccc3)n1)CC2. The van der Waals surface area contributed by atoms with Gasteiger partial charge in [-0.1, -0.05) is 30.3 Å². The second-order valence-corrected chi connectivity index (χ2v) is 8.15. The molecule has 0 unspecified atom stereocenters. The lowest BCUT2D eigenvalue weighted by Gasteiger charge is -2.29. The molecular weight excluding hydrogens is 398 g/mol. The minimum Gasteiger partial charge on any atom is -0.493 e. The minimum atomic E-state index is -0.0463. The van der Waals surface area contributed by atoms with Crippen LogP contribution < -0.4 is 14.8 Å². The maximum atomic E-state index is 12.3. The van der Waals surface area contributed by atoms with Gasteiger partial charge in [-0.25, -0.2) is 4.98 Å². The van der Waals surface area contributed by atoms with Crippen LogP contribution in [0.4, 0.5) is 5.13 Å². The molecule has 1 N–H and O–H groups in total. The molecule has 4 rings (SSSR count). The Morgan fingerprint density at radius 2 is 1.87 bits per heavy atom. The lowest BCUT2D eigenvalue weighted by Crippen LogP contribution is -2.30. The summed E-state index contributed by atoms with van der Waals surface area (Å²) in [6.45, 7) is 2.54. The van der Waals surface area contributed by atoms with Crippen LogP contribution in [0.1, 0.15) is 22.4 Å². The number of amides is 1. The van der Waals surface area contributed by atoms with Crippen LogP contribution in [0.3, 0.4) is 0 Å². The summed E-state index contributed by atoms with van der Waals surface area (Å²) in [6.07, 6.45) is 1.31. The highest BCUT2D eigenvalue weighted by Crippen LogP contribution is 2.33. The number of fused-ring (bicyclic) bond motifs is 1. The molecular formula is C23H25N3O3S. The van der Waals surface area contributed by atoms with E-state index in [-0.39, 0.29) is 5.91 Å². The third-order valence-corrected chi connectivity index (χ3v) is 5.99. The largest absolute Gasteiger partial charge is 0.493 e. The number of rotatable bonds is 7. The van der Waals surface area contributed by atoms with Gasteiger partial charge >= 0.3 is 0 Å². The Balaban J connectivity index is 1.36. The van der Waals surface area contributed by atoms with E-state index in [9.17, 15) is 4.79 Å². The Kier molecular flexibility index (Phi) is 6.30. The van der Waals surface area contributed by atoms with Crippen molar-refractivity contribution in [2.24, 2.45) is 0 Å². The van der Waals surface area contributed by atoms with Gasteiger partial charge in [-0.15, -0.1) is 11.3 Å². The first-order valence-electron chi connectivity index (χ1n) is 9.89. The van der Waals surface area contributed by atoms with Crippen LogP contribution in [-0.4, -0.2) is 36.6 Å². The molecule has 0 radical (unpaired) electrons. The fraction of sp³-hybridized carbons (Fsp3) is 0.304. The van der Waals surface area contributed by atoms with Gasteiger partial charge in [0.25, 0.3) is 0 Å². The number of ether oxygens (including phenoxy) is 2. The topological polar surface area (TPSA) is 63.7 Å². The number of benzene rings is 2. The van der Waals surface area contributed by atoms with E-state index in [1.54, 1.807) is 14.2 Å². The van der Waals surface area contributed by atoms with Crippen molar-refractivity contribution in [2.45, 2.75) is 25.9 Å². The van der Waals surface area contributed by atoms with Gasteiger partial charge in [-0.2, -0.15) is 0 Å². The molecule has 0 saturated carbocycles. The van der Waals surface area contributed by atoms with E-state index in [4.69, 9.17) is 9.47 Å². The number of nitrogens with zero attached hydrogens (tertiary/aromatic N) is 2. The van der Waals surface area contributed by atoms with E-state index in [1.165, 1.54) is 22.5 Å². The molecule has 1 aliphatic heterocycles. The highest BCUT2D eigenvalue weighted by molar-refractivity contribution is 7.13. The Morgan fingerprint density at radius 1 is 1.13 bits per heavy atom. The predicted octanol–water partition coefficient (Wildman–Crippen LogP) is 3.90. The first kappa shape index (κ1) is 20.4. The average Bonchev–Trinajstić information content (AvgIpc) is 3.19. The summed E-state index contributed by atoms with van der Waals surface area (Å²) in [6, 6.07) is 13.9. The van der Waals surface area contributed by atoms with Crippen molar-refractivity contribution >= 4 is 22.4 Å². The number of aromatic nitrogens is 1. The average molecular weight is 424 g/mol. The summed E-state index contributed by atoms with van der Waals surface area (Å²) in [5.41, 5.74) is 4.52. The Morgan fingerprint density at radius 3 is 2.60 bits per heavy atom. The standard InChI is InChI=1S/C23H25N3O3S/c1-28-20-11-17-8-9-26(13-18(17)12-21(20)29-2)14-19-15-30-23(24-19)25-22(27)10-16-6-4-3-5-7-16/h3-7,11-12,15H,8-10,13-14H2,1-2H3,(H,24,25,27). The summed E-state index contributed by atoms with van der Waals surface area (Å²) < 4.78 is 10.9. The highest BCUT2D eigenvalue weighted by atomic mass is 32.1. The molecule has 7 heteroatoms. The van der Waals surface area contributed by atoms with E-state index < -0.39 is 0 Å². The van der Waals surface area contributed by atoms with Gasteiger partial charge in [0.15, 0.2) is 16.6 Å². The Hall–Kier alpha value is -2.90. The molecule has 0 fully saturated rings. The summed E-state index contributed by atoms with van der Waals surface area (Å²) >= 11 is 1.47. The zero-order chi connectivity index (χ0) is 20.9. The molecule has 1 aromatic heterocycles. The van der Waals surface area contributed by atoms with Crippen LogP contribution in [0.2, 0.25) is 0 Å². The molecule has 0 spiro atoms. The quantitative estimate of drug-likeness (QED) is 0.624. The second kappa shape index (κ2) is 9.28. The van der Waals surface area contributed by atoms with E-state index in [1.807, 2.05) is 35.7 Å². The highest BCUT2D eigenvalue weighted by Gasteiger charge is 2.20. The molecule has 156 valence electrons. The third-order valence-electron chi connectivity index (χ3n) is 5.19. The normalized spacial score (nSPS) is 13.5. The summed E-state index contributed by atoms with van der Waals surface area (Å²) in [5.74, 6) is 1.49. The van der Waals surface area contributed by atoms with E-state index in [0.29, 0.717) is 11.6 Å². The molecule has 0 bridgehead atoms. The van der Waals surface area contributed by atoms with Gasteiger partial charge in [-0.05, 0) is 35.2 Å². The van der Waals surface area contributed by atoms with Crippen molar-refractivity contribution in [1.29, 1.82) is 0 Å². The lowest BCUT2D eigenvalue weighted by molar-refractivity contribution is -0.115. The molecule has 1 amide bonds. The molecule has 1 aliphatic rings. The second-order valence-electron chi connectivity index (χ2n) is 7.29. The molecule has 2 heterocycles. The van der Waals surface area contributed by atoms with Gasteiger partial charge in [-0.3, -0.25) is 9.69 Å². The predicted molar refractivity (Wildman–Crippen MR) is 118 cm³/mol. The van der Waals surface area contributed by atoms with Gasteiger partial charge in [0.2, 0.25) is 5.91 Å². The molecule has 30 heavy (non-hydrogen) atoms. The first-order valence-corrected chi connectivity index (χ1v) is 10.8. The summed E-state index contributed by atoms with van der Waals surface area (Å²) in [5, 5.41) is 5.57. The van der Waals surface area contributed by atoms with Crippen molar-refractivity contribution in [3.05, 3.63) is 70.2 Å². The van der Waals surface area contributed by atoms with Gasteiger partial charge in [0.1, 0.15) is 0 Å². The molecule has 0 aliphatic carbocycles.